The molecule has 0 unspecified atom stereocenters. The molecule has 0 atom stereocenters. The number of alkyl halides is 3. The fourth-order valence-corrected chi connectivity index (χ4v) is 1.55. The van der Waals surface area contributed by atoms with Crippen LogP contribution in [0.15, 0.2) is 18.2 Å². The molecular weight excluding hydrogens is 271 g/mol. The summed E-state index contributed by atoms with van der Waals surface area (Å²) in [4.78, 5) is 0. The second-order valence-corrected chi connectivity index (χ2v) is 4.04. The molecule has 0 fully saturated rings. The summed E-state index contributed by atoms with van der Waals surface area (Å²) in [5, 5.41) is 14.9. The third kappa shape index (κ3) is 5.07. The lowest BCUT2D eigenvalue weighted by atomic mass is 10.1. The molecule has 0 aliphatic rings. The average molecular weight is 287 g/mol. The van der Waals surface area contributed by atoms with Gasteiger partial charge in [-0.2, -0.15) is 18.4 Å². The first-order valence-electron chi connectivity index (χ1n) is 6.04. The average Bonchev–Trinajstić information content (AvgIpc) is 2.41. The Morgan fingerprint density at radius 3 is 2.60 bits per heavy atom. The molecular formula is C13H16F3N3O. The molecule has 1 aromatic carbocycles. The fourth-order valence-electron chi connectivity index (χ4n) is 1.55. The Morgan fingerprint density at radius 2 is 2.00 bits per heavy atom. The maximum Gasteiger partial charge on any atom is 0.416 e. The molecule has 0 heterocycles. The Bertz CT molecular complexity index is 469. The van der Waals surface area contributed by atoms with E-state index in [9.17, 15) is 13.2 Å². The van der Waals surface area contributed by atoms with Gasteiger partial charge in [0.2, 0.25) is 0 Å². The van der Waals surface area contributed by atoms with Crippen molar-refractivity contribution in [1.29, 1.82) is 5.26 Å². The van der Waals surface area contributed by atoms with Crippen molar-refractivity contribution < 1.29 is 17.9 Å². The minimum Gasteiger partial charge on any atom is -0.383 e. The van der Waals surface area contributed by atoms with Crippen LogP contribution in [-0.2, 0) is 10.9 Å². The molecule has 0 aliphatic heterocycles. The van der Waals surface area contributed by atoms with Gasteiger partial charge in [0.05, 0.1) is 23.4 Å². The number of methoxy groups -OCH3 is 1. The van der Waals surface area contributed by atoms with E-state index in [0.717, 1.165) is 12.1 Å². The predicted octanol–water partition coefficient (Wildman–Crippen LogP) is 2.22. The van der Waals surface area contributed by atoms with E-state index in [2.05, 4.69) is 10.6 Å². The zero-order valence-electron chi connectivity index (χ0n) is 11.0. The van der Waals surface area contributed by atoms with Gasteiger partial charge in [-0.15, -0.1) is 0 Å². The Balaban J connectivity index is 2.56. The molecule has 0 spiro atoms. The van der Waals surface area contributed by atoms with Crippen LogP contribution in [0.2, 0.25) is 0 Å². The van der Waals surface area contributed by atoms with Crippen molar-refractivity contribution in [3.05, 3.63) is 29.3 Å². The number of benzene rings is 1. The quantitative estimate of drug-likeness (QED) is 0.755. The Labute approximate surface area is 115 Å². The lowest BCUT2D eigenvalue weighted by Crippen LogP contribution is -2.25. The zero-order chi connectivity index (χ0) is 15.0. The number of ether oxygens (including phenoxy) is 1. The number of anilines is 1. The van der Waals surface area contributed by atoms with E-state index in [-0.39, 0.29) is 5.56 Å². The number of rotatable bonds is 7. The highest BCUT2D eigenvalue weighted by Gasteiger charge is 2.30. The van der Waals surface area contributed by atoms with Gasteiger partial charge in [0.15, 0.2) is 0 Å². The maximum atomic E-state index is 12.5. The molecule has 0 bridgehead atoms. The van der Waals surface area contributed by atoms with Crippen LogP contribution in [0, 0.1) is 11.3 Å². The van der Waals surface area contributed by atoms with E-state index < -0.39 is 11.7 Å². The van der Waals surface area contributed by atoms with Crippen LogP contribution < -0.4 is 10.6 Å². The number of hydrogen-bond donors (Lipinski definition) is 2. The summed E-state index contributed by atoms with van der Waals surface area (Å²) in [7, 11) is 1.60. The van der Waals surface area contributed by atoms with E-state index in [1.54, 1.807) is 13.2 Å². The maximum absolute atomic E-state index is 12.5. The third-order valence-electron chi connectivity index (χ3n) is 2.57. The molecule has 7 heteroatoms. The number of hydrogen-bond acceptors (Lipinski definition) is 4. The second kappa shape index (κ2) is 7.72. The first kappa shape index (κ1) is 16.3. The molecule has 2 N–H and O–H groups in total. The summed E-state index contributed by atoms with van der Waals surface area (Å²) in [6, 6.07) is 4.85. The Morgan fingerprint density at radius 1 is 1.25 bits per heavy atom. The lowest BCUT2D eigenvalue weighted by Gasteiger charge is -2.12. The highest BCUT2D eigenvalue weighted by molar-refractivity contribution is 5.59. The summed E-state index contributed by atoms with van der Waals surface area (Å²) in [6.45, 7) is 2.40. The van der Waals surface area contributed by atoms with Gasteiger partial charge in [-0.25, -0.2) is 0 Å². The van der Waals surface area contributed by atoms with Crippen molar-refractivity contribution >= 4 is 5.69 Å². The van der Waals surface area contributed by atoms with Crippen LogP contribution in [0.5, 0.6) is 0 Å². The summed E-state index contributed by atoms with van der Waals surface area (Å²) < 4.78 is 42.4. The normalized spacial score (nSPS) is 11.2. The second-order valence-electron chi connectivity index (χ2n) is 4.04. The van der Waals surface area contributed by atoms with Crippen LogP contribution in [-0.4, -0.2) is 33.4 Å². The van der Waals surface area contributed by atoms with Gasteiger partial charge >= 0.3 is 6.18 Å². The topological polar surface area (TPSA) is 57.1 Å². The fraction of sp³-hybridized carbons (Fsp3) is 0.462. The van der Waals surface area contributed by atoms with Gasteiger partial charge in [0.25, 0.3) is 0 Å². The van der Waals surface area contributed by atoms with E-state index in [1.165, 1.54) is 6.07 Å². The zero-order valence-corrected chi connectivity index (χ0v) is 11.0. The summed E-state index contributed by atoms with van der Waals surface area (Å²) >= 11 is 0. The molecule has 0 aromatic heterocycles. The lowest BCUT2D eigenvalue weighted by molar-refractivity contribution is -0.137. The minimum atomic E-state index is -4.44. The standard InChI is InChI=1S/C13H16F3N3O/c1-20-7-6-18-4-5-19-12-3-2-11(13(14,15)16)8-10(12)9-17/h2-3,8,18-19H,4-7H2,1H3. The molecule has 0 amide bonds. The summed E-state index contributed by atoms with van der Waals surface area (Å²) in [5.74, 6) is 0. The highest BCUT2D eigenvalue weighted by atomic mass is 19.4. The Hall–Kier alpha value is -1.78. The van der Waals surface area contributed by atoms with Crippen LogP contribution in [0.1, 0.15) is 11.1 Å². The van der Waals surface area contributed by atoms with Crippen molar-refractivity contribution in [2.45, 2.75) is 6.18 Å². The van der Waals surface area contributed by atoms with Gasteiger partial charge in [-0.3, -0.25) is 0 Å². The van der Waals surface area contributed by atoms with Crippen LogP contribution in [0.3, 0.4) is 0 Å². The van der Waals surface area contributed by atoms with E-state index in [4.69, 9.17) is 10.00 Å². The predicted molar refractivity (Wildman–Crippen MR) is 69.4 cm³/mol. The number of nitrogens with one attached hydrogen (secondary N) is 2. The molecule has 0 radical (unpaired) electrons. The largest absolute Gasteiger partial charge is 0.416 e. The van der Waals surface area contributed by atoms with Crippen molar-refractivity contribution in [3.8, 4) is 6.07 Å². The van der Waals surface area contributed by atoms with Gasteiger partial charge in [0.1, 0.15) is 6.07 Å². The molecule has 0 saturated carbocycles. The molecule has 0 aliphatic carbocycles. The molecule has 20 heavy (non-hydrogen) atoms. The number of halogens is 3. The smallest absolute Gasteiger partial charge is 0.383 e. The molecule has 4 nitrogen and oxygen atoms in total. The van der Waals surface area contributed by atoms with Gasteiger partial charge < -0.3 is 15.4 Å². The summed E-state index contributed by atoms with van der Waals surface area (Å²) in [6.07, 6.45) is -4.44. The van der Waals surface area contributed by atoms with E-state index in [1.807, 2.05) is 0 Å². The van der Waals surface area contributed by atoms with Crippen LogP contribution >= 0.6 is 0 Å². The van der Waals surface area contributed by atoms with Crippen molar-refractivity contribution in [3.63, 3.8) is 0 Å². The number of nitrogens with zero attached hydrogens (tertiary/aromatic N) is 1. The minimum absolute atomic E-state index is 0.0169. The van der Waals surface area contributed by atoms with E-state index >= 15 is 0 Å². The van der Waals surface area contributed by atoms with Crippen molar-refractivity contribution in [2.75, 3.05) is 38.7 Å². The van der Waals surface area contributed by atoms with Crippen LogP contribution in [0.25, 0.3) is 0 Å². The molecule has 1 rings (SSSR count). The van der Waals surface area contributed by atoms with Gasteiger partial charge in [-0.05, 0) is 18.2 Å². The highest BCUT2D eigenvalue weighted by Crippen LogP contribution is 2.31. The van der Waals surface area contributed by atoms with E-state index in [0.29, 0.717) is 31.9 Å². The Kier molecular flexibility index (Phi) is 6.28. The SMILES string of the molecule is COCCNCCNc1ccc(C(F)(F)F)cc1C#N. The van der Waals surface area contributed by atoms with Crippen molar-refractivity contribution in [2.24, 2.45) is 0 Å². The van der Waals surface area contributed by atoms with Crippen LogP contribution in [0.4, 0.5) is 18.9 Å². The molecule has 110 valence electrons. The van der Waals surface area contributed by atoms with Crippen molar-refractivity contribution in [1.82, 2.24) is 5.32 Å². The molecule has 0 saturated heterocycles. The third-order valence-corrected chi connectivity index (χ3v) is 2.57. The molecule has 1 aromatic rings. The first-order valence-corrected chi connectivity index (χ1v) is 6.04. The van der Waals surface area contributed by atoms with Gasteiger partial charge in [-0.1, -0.05) is 0 Å². The summed E-state index contributed by atoms with van der Waals surface area (Å²) in [5.41, 5.74) is -0.441. The monoisotopic (exact) mass is 287 g/mol. The first-order chi connectivity index (χ1) is 9.49. The number of nitriles is 1. The van der Waals surface area contributed by atoms with Gasteiger partial charge in [0, 0.05) is 26.7 Å².